The lowest BCUT2D eigenvalue weighted by Crippen LogP contribution is -2.29. The van der Waals surface area contributed by atoms with E-state index in [9.17, 15) is 9.59 Å². The number of nitriles is 1. The van der Waals surface area contributed by atoms with Gasteiger partial charge in [-0.15, -0.1) is 10.2 Å². The first-order chi connectivity index (χ1) is 13.7. The van der Waals surface area contributed by atoms with Crippen molar-refractivity contribution in [3.8, 4) is 6.07 Å². The third-order valence-corrected chi connectivity index (χ3v) is 5.05. The normalized spacial score (nSPS) is 13.0. The number of benzene rings is 1. The van der Waals surface area contributed by atoms with Gasteiger partial charge in [-0.1, -0.05) is 42.1 Å². The highest BCUT2D eigenvalue weighted by atomic mass is 32.2. The first-order valence-electron chi connectivity index (χ1n) is 9.06. The molecule has 3 rings (SSSR count). The molecular weight excluding hydrogens is 378 g/mol. The van der Waals surface area contributed by atoms with E-state index in [0.717, 1.165) is 24.2 Å². The molecule has 1 aromatic carbocycles. The van der Waals surface area contributed by atoms with Crippen molar-refractivity contribution in [1.82, 2.24) is 20.1 Å². The fourth-order valence-electron chi connectivity index (χ4n) is 2.58. The molecule has 0 saturated heterocycles. The van der Waals surface area contributed by atoms with Gasteiger partial charge in [-0.2, -0.15) is 5.26 Å². The topological polar surface area (TPSA) is 110 Å². The van der Waals surface area contributed by atoms with Crippen LogP contribution >= 0.6 is 11.8 Å². The largest absolute Gasteiger partial charge is 0.455 e. The SMILES string of the molecule is N#CCCNC(=O)COC(=O)CSc1nnc(C2CC2)n1Cc1ccccc1. The Hall–Kier alpha value is -2.86. The molecule has 1 amide bonds. The molecule has 1 heterocycles. The van der Waals surface area contributed by atoms with E-state index in [1.165, 1.54) is 11.8 Å². The lowest BCUT2D eigenvalue weighted by Gasteiger charge is -2.10. The molecule has 1 N–H and O–H groups in total. The second-order valence-electron chi connectivity index (χ2n) is 6.39. The van der Waals surface area contributed by atoms with Crippen LogP contribution in [0.3, 0.4) is 0 Å². The van der Waals surface area contributed by atoms with Crippen molar-refractivity contribution in [2.75, 3.05) is 18.9 Å². The minimum atomic E-state index is -0.498. The molecule has 0 aliphatic heterocycles. The Kier molecular flexibility index (Phi) is 7.03. The van der Waals surface area contributed by atoms with E-state index in [2.05, 4.69) is 20.1 Å². The van der Waals surface area contributed by atoms with Crippen molar-refractivity contribution in [3.05, 3.63) is 41.7 Å². The zero-order valence-corrected chi connectivity index (χ0v) is 16.2. The van der Waals surface area contributed by atoms with Gasteiger partial charge in [0.1, 0.15) is 5.82 Å². The molecule has 146 valence electrons. The van der Waals surface area contributed by atoms with Crippen molar-refractivity contribution in [1.29, 1.82) is 5.26 Å². The van der Waals surface area contributed by atoms with Crippen LogP contribution in [0.4, 0.5) is 0 Å². The summed E-state index contributed by atoms with van der Waals surface area (Å²) in [6.45, 7) is 0.543. The number of rotatable bonds is 10. The molecule has 0 atom stereocenters. The minimum absolute atomic E-state index is 0.0447. The third-order valence-electron chi connectivity index (χ3n) is 4.11. The molecule has 1 saturated carbocycles. The second-order valence-corrected chi connectivity index (χ2v) is 7.34. The summed E-state index contributed by atoms with van der Waals surface area (Å²) in [5.74, 6) is 0.522. The van der Waals surface area contributed by atoms with Gasteiger partial charge >= 0.3 is 5.97 Å². The molecule has 1 aliphatic carbocycles. The molecule has 0 bridgehead atoms. The molecule has 28 heavy (non-hydrogen) atoms. The molecule has 8 nitrogen and oxygen atoms in total. The van der Waals surface area contributed by atoms with Gasteiger partial charge in [0.05, 0.1) is 24.8 Å². The van der Waals surface area contributed by atoms with Crippen LogP contribution in [0.25, 0.3) is 0 Å². The zero-order valence-electron chi connectivity index (χ0n) is 15.3. The molecule has 1 aliphatic rings. The Morgan fingerprint density at radius 1 is 1.29 bits per heavy atom. The molecular formula is C19H21N5O3S. The number of amides is 1. The summed E-state index contributed by atoms with van der Waals surface area (Å²) < 4.78 is 7.02. The fraction of sp³-hybridized carbons (Fsp3) is 0.421. The quantitative estimate of drug-likeness (QED) is 0.369. The summed E-state index contributed by atoms with van der Waals surface area (Å²) in [5, 5.41) is 20.2. The van der Waals surface area contributed by atoms with Crippen molar-refractivity contribution >= 4 is 23.6 Å². The number of aromatic nitrogens is 3. The van der Waals surface area contributed by atoms with Crippen LogP contribution in [0.15, 0.2) is 35.5 Å². The highest BCUT2D eigenvalue weighted by molar-refractivity contribution is 7.99. The monoisotopic (exact) mass is 399 g/mol. The zero-order chi connectivity index (χ0) is 19.8. The van der Waals surface area contributed by atoms with Gasteiger partial charge < -0.3 is 14.6 Å². The summed E-state index contributed by atoms with van der Waals surface area (Å²) in [5.41, 5.74) is 1.14. The Morgan fingerprint density at radius 3 is 2.79 bits per heavy atom. The van der Waals surface area contributed by atoms with Crippen LogP contribution in [0.5, 0.6) is 0 Å². The van der Waals surface area contributed by atoms with Crippen LogP contribution in [0, 0.1) is 11.3 Å². The second kappa shape index (κ2) is 9.90. The average molecular weight is 399 g/mol. The van der Waals surface area contributed by atoms with E-state index >= 15 is 0 Å². The van der Waals surface area contributed by atoms with Gasteiger partial charge in [0, 0.05) is 12.5 Å². The van der Waals surface area contributed by atoms with Crippen molar-refractivity contribution in [2.45, 2.75) is 36.9 Å². The number of carbonyl (C=O) groups is 2. The Bertz CT molecular complexity index is 858. The van der Waals surface area contributed by atoms with Crippen LogP contribution in [0.2, 0.25) is 0 Å². The van der Waals surface area contributed by atoms with Crippen LogP contribution in [0.1, 0.15) is 36.6 Å². The number of carbonyl (C=O) groups excluding carboxylic acids is 2. The number of nitrogens with one attached hydrogen (secondary N) is 1. The molecule has 0 spiro atoms. The standard InChI is InChI=1S/C19H21N5O3S/c20-9-4-10-21-16(25)12-27-17(26)13-28-19-23-22-18(15-7-8-15)24(19)11-14-5-2-1-3-6-14/h1-3,5-6,15H,4,7-8,10-13H2,(H,21,25). The van der Waals surface area contributed by atoms with E-state index in [-0.39, 0.29) is 25.3 Å². The highest BCUT2D eigenvalue weighted by Gasteiger charge is 2.30. The summed E-state index contributed by atoms with van der Waals surface area (Å²) in [6.07, 6.45) is 2.44. The van der Waals surface area contributed by atoms with Gasteiger partial charge in [-0.05, 0) is 18.4 Å². The average Bonchev–Trinajstić information content (AvgIpc) is 3.48. The van der Waals surface area contributed by atoms with Gasteiger partial charge in [0.15, 0.2) is 11.8 Å². The molecule has 1 fully saturated rings. The number of hydrogen-bond acceptors (Lipinski definition) is 7. The van der Waals surface area contributed by atoms with E-state index < -0.39 is 11.9 Å². The number of esters is 1. The number of nitrogens with zero attached hydrogens (tertiary/aromatic N) is 4. The van der Waals surface area contributed by atoms with Crippen LogP contribution in [-0.2, 0) is 20.9 Å². The molecule has 0 unspecified atom stereocenters. The minimum Gasteiger partial charge on any atom is -0.455 e. The number of ether oxygens (including phenoxy) is 1. The lowest BCUT2D eigenvalue weighted by atomic mass is 10.2. The van der Waals surface area contributed by atoms with E-state index in [4.69, 9.17) is 10.00 Å². The smallest absolute Gasteiger partial charge is 0.316 e. The van der Waals surface area contributed by atoms with Gasteiger partial charge in [0.2, 0.25) is 0 Å². The van der Waals surface area contributed by atoms with Crippen molar-refractivity contribution in [2.24, 2.45) is 0 Å². The molecule has 2 aromatic rings. The summed E-state index contributed by atoms with van der Waals surface area (Å²) >= 11 is 1.25. The van der Waals surface area contributed by atoms with Crippen LogP contribution in [-0.4, -0.2) is 45.5 Å². The Labute approximate surface area is 167 Å². The summed E-state index contributed by atoms with van der Waals surface area (Å²) in [7, 11) is 0. The lowest BCUT2D eigenvalue weighted by molar-refractivity contribution is -0.145. The van der Waals surface area contributed by atoms with Gasteiger partial charge in [-0.3, -0.25) is 9.59 Å². The van der Waals surface area contributed by atoms with Crippen molar-refractivity contribution in [3.63, 3.8) is 0 Å². The van der Waals surface area contributed by atoms with Gasteiger partial charge in [-0.25, -0.2) is 0 Å². The highest BCUT2D eigenvalue weighted by Crippen LogP contribution is 2.40. The predicted molar refractivity (Wildman–Crippen MR) is 102 cm³/mol. The van der Waals surface area contributed by atoms with E-state index in [1.807, 2.05) is 36.4 Å². The first kappa shape index (κ1) is 19.9. The predicted octanol–water partition coefficient (Wildman–Crippen LogP) is 1.87. The first-order valence-corrected chi connectivity index (χ1v) is 10.0. The third kappa shape index (κ3) is 5.82. The number of hydrogen-bond donors (Lipinski definition) is 1. The van der Waals surface area contributed by atoms with E-state index in [1.54, 1.807) is 0 Å². The van der Waals surface area contributed by atoms with Gasteiger partial charge in [0.25, 0.3) is 5.91 Å². The number of thioether (sulfide) groups is 1. The fourth-order valence-corrected chi connectivity index (χ4v) is 3.33. The molecule has 0 radical (unpaired) electrons. The van der Waals surface area contributed by atoms with E-state index in [0.29, 0.717) is 17.6 Å². The Balaban J connectivity index is 1.53. The maximum Gasteiger partial charge on any atom is 0.316 e. The molecule has 1 aromatic heterocycles. The molecule has 9 heteroatoms. The summed E-state index contributed by atoms with van der Waals surface area (Å²) in [6, 6.07) is 12.0. The maximum absolute atomic E-state index is 11.9. The van der Waals surface area contributed by atoms with Crippen molar-refractivity contribution < 1.29 is 14.3 Å². The summed E-state index contributed by atoms with van der Waals surface area (Å²) in [4.78, 5) is 23.4. The maximum atomic E-state index is 11.9. The Morgan fingerprint density at radius 2 is 2.07 bits per heavy atom. The van der Waals surface area contributed by atoms with Crippen LogP contribution < -0.4 is 5.32 Å².